The minimum absolute atomic E-state index is 0.0938. The summed E-state index contributed by atoms with van der Waals surface area (Å²) in [5.41, 5.74) is 5.12. The van der Waals surface area contributed by atoms with Crippen LogP contribution < -0.4 is 15.7 Å². The predicted octanol–water partition coefficient (Wildman–Crippen LogP) is 2.72. The van der Waals surface area contributed by atoms with Gasteiger partial charge in [-0.05, 0) is 18.2 Å². The fourth-order valence-electron chi connectivity index (χ4n) is 1.65. The fraction of sp³-hybridized carbons (Fsp3) is 0.214. The van der Waals surface area contributed by atoms with E-state index in [1.807, 2.05) is 18.2 Å². The summed E-state index contributed by atoms with van der Waals surface area (Å²) in [4.78, 5) is 10.9. The van der Waals surface area contributed by atoms with Gasteiger partial charge in [-0.2, -0.15) is 0 Å². The monoisotopic (exact) mass is 275 g/mol. The van der Waals surface area contributed by atoms with Gasteiger partial charge in [-0.1, -0.05) is 37.0 Å². The van der Waals surface area contributed by atoms with E-state index < -0.39 is 14.0 Å². The Morgan fingerprint density at radius 1 is 1.21 bits per heavy atom. The summed E-state index contributed by atoms with van der Waals surface area (Å²) in [5, 5.41) is 1.30. The van der Waals surface area contributed by atoms with Gasteiger partial charge in [-0.25, -0.2) is 0 Å². The fourth-order valence-corrected chi connectivity index (χ4v) is 2.82. The maximum atomic E-state index is 10.9. The van der Waals surface area contributed by atoms with Crippen LogP contribution in [0.15, 0.2) is 40.8 Å². The minimum Gasteiger partial charge on any atom is -0.426 e. The van der Waals surface area contributed by atoms with Crippen molar-refractivity contribution in [1.29, 1.82) is 0 Å². The number of hydrogen-bond donors (Lipinski definition) is 1. The topological polar surface area (TPSA) is 65.5 Å². The lowest BCUT2D eigenvalue weighted by Gasteiger charge is -2.17. The number of hydrogen-bond acceptors (Lipinski definition) is 3. The van der Waals surface area contributed by atoms with E-state index in [-0.39, 0.29) is 11.7 Å². The van der Waals surface area contributed by atoms with Crippen LogP contribution in [0.25, 0.3) is 0 Å². The number of nitrogens with two attached hydrogens (primary N) is 1. The number of carbonyl (C=O) groups excluding carboxylic acids is 1. The summed E-state index contributed by atoms with van der Waals surface area (Å²) in [6, 6.07) is 11.0. The third-order valence-electron chi connectivity index (χ3n) is 2.74. The molecule has 1 amide bonds. The zero-order valence-corrected chi connectivity index (χ0v) is 12.3. The quantitative estimate of drug-likeness (QED) is 0.872. The van der Waals surface area contributed by atoms with E-state index in [9.17, 15) is 4.79 Å². The summed E-state index contributed by atoms with van der Waals surface area (Å²) in [5.74, 6) is 0.453. The molecule has 5 heteroatoms. The molecule has 0 spiro atoms. The lowest BCUT2D eigenvalue weighted by Crippen LogP contribution is -2.37. The Morgan fingerprint density at radius 3 is 2.53 bits per heavy atom. The molecule has 1 aromatic carbocycles. The molecule has 2 N–H and O–H groups in total. The van der Waals surface area contributed by atoms with Gasteiger partial charge in [0.1, 0.15) is 5.75 Å². The molecule has 0 aliphatic rings. The molecule has 0 saturated carbocycles. The lowest BCUT2D eigenvalue weighted by atomic mass is 10.3. The van der Waals surface area contributed by atoms with E-state index in [0.29, 0.717) is 5.75 Å². The van der Waals surface area contributed by atoms with E-state index in [2.05, 4.69) is 25.7 Å². The van der Waals surface area contributed by atoms with Crippen molar-refractivity contribution in [3.05, 3.63) is 42.2 Å². The molecule has 1 aromatic heterocycles. The number of primary amides is 1. The van der Waals surface area contributed by atoms with E-state index in [1.165, 1.54) is 11.3 Å². The third-order valence-corrected chi connectivity index (χ3v) is 4.79. The number of carbonyl (C=O) groups is 1. The SMILES string of the molecule is C[Si](C)(C)c1cccc(Oc2ccc(C(N)=O)o2)c1. The second-order valence-electron chi connectivity index (χ2n) is 5.36. The first-order valence-electron chi connectivity index (χ1n) is 6.04. The second-order valence-corrected chi connectivity index (χ2v) is 10.4. The van der Waals surface area contributed by atoms with Crippen molar-refractivity contribution in [3.8, 4) is 11.7 Å². The van der Waals surface area contributed by atoms with Crippen molar-refractivity contribution >= 4 is 19.2 Å². The molecule has 0 aliphatic heterocycles. The number of rotatable bonds is 4. The maximum absolute atomic E-state index is 10.9. The van der Waals surface area contributed by atoms with Gasteiger partial charge in [0, 0.05) is 6.07 Å². The summed E-state index contributed by atoms with van der Waals surface area (Å²) in [6.45, 7) is 6.80. The van der Waals surface area contributed by atoms with Gasteiger partial charge < -0.3 is 14.9 Å². The van der Waals surface area contributed by atoms with Crippen LogP contribution in [0.5, 0.6) is 11.7 Å². The van der Waals surface area contributed by atoms with Crippen molar-refractivity contribution in [1.82, 2.24) is 0 Å². The third kappa shape index (κ3) is 3.26. The first-order chi connectivity index (χ1) is 8.86. The number of furan rings is 1. The van der Waals surface area contributed by atoms with Crippen molar-refractivity contribution in [2.45, 2.75) is 19.6 Å². The Bertz CT molecular complexity index is 599. The Labute approximate surface area is 113 Å². The van der Waals surface area contributed by atoms with E-state index in [0.717, 1.165) is 0 Å². The summed E-state index contributed by atoms with van der Waals surface area (Å²) >= 11 is 0. The van der Waals surface area contributed by atoms with Crippen LogP contribution in [-0.4, -0.2) is 14.0 Å². The number of ether oxygens (including phenoxy) is 1. The van der Waals surface area contributed by atoms with Crippen LogP contribution in [0.4, 0.5) is 0 Å². The highest BCUT2D eigenvalue weighted by atomic mass is 28.3. The zero-order valence-electron chi connectivity index (χ0n) is 11.3. The molecule has 0 atom stereocenters. The molecular formula is C14H17NO3Si. The maximum Gasteiger partial charge on any atom is 0.290 e. The normalized spacial score (nSPS) is 11.3. The molecule has 0 radical (unpaired) electrons. The molecule has 2 aromatic rings. The van der Waals surface area contributed by atoms with Gasteiger partial charge in [-0.15, -0.1) is 0 Å². The van der Waals surface area contributed by atoms with Crippen molar-refractivity contribution in [2.75, 3.05) is 0 Å². The molecule has 2 rings (SSSR count). The molecule has 0 saturated heterocycles. The van der Waals surface area contributed by atoms with Crippen LogP contribution in [0.1, 0.15) is 10.6 Å². The summed E-state index contributed by atoms with van der Waals surface area (Å²) < 4.78 is 10.8. The zero-order chi connectivity index (χ0) is 14.0. The first kappa shape index (κ1) is 13.4. The first-order valence-corrected chi connectivity index (χ1v) is 9.54. The highest BCUT2D eigenvalue weighted by Crippen LogP contribution is 2.23. The molecular weight excluding hydrogens is 258 g/mol. The van der Waals surface area contributed by atoms with Crippen LogP contribution in [0, 0.1) is 0 Å². The van der Waals surface area contributed by atoms with Gasteiger partial charge >= 0.3 is 0 Å². The molecule has 0 unspecified atom stereocenters. The average molecular weight is 275 g/mol. The highest BCUT2D eigenvalue weighted by Gasteiger charge is 2.17. The largest absolute Gasteiger partial charge is 0.426 e. The standard InChI is InChI=1S/C14H17NO3Si/c1-19(2,3)11-6-4-5-10(9-11)17-13-8-7-12(18-13)14(15)16/h4-9H,1-3H3,(H2,15,16). The van der Waals surface area contributed by atoms with Crippen molar-refractivity contribution in [2.24, 2.45) is 5.73 Å². The van der Waals surface area contributed by atoms with E-state index >= 15 is 0 Å². The van der Waals surface area contributed by atoms with Gasteiger partial charge in [0.05, 0.1) is 8.07 Å². The summed E-state index contributed by atoms with van der Waals surface area (Å²) in [6.07, 6.45) is 0. The minimum atomic E-state index is -1.38. The van der Waals surface area contributed by atoms with Crippen LogP contribution in [-0.2, 0) is 0 Å². The molecule has 19 heavy (non-hydrogen) atoms. The van der Waals surface area contributed by atoms with Gasteiger partial charge in [0.2, 0.25) is 0 Å². The molecule has 0 fully saturated rings. The Morgan fingerprint density at radius 2 is 1.95 bits per heavy atom. The Hall–Kier alpha value is -2.01. The van der Waals surface area contributed by atoms with Crippen LogP contribution >= 0.6 is 0 Å². The second kappa shape index (κ2) is 4.93. The van der Waals surface area contributed by atoms with E-state index in [4.69, 9.17) is 14.9 Å². The van der Waals surface area contributed by atoms with Gasteiger partial charge in [-0.3, -0.25) is 4.79 Å². The highest BCUT2D eigenvalue weighted by molar-refractivity contribution is 6.88. The van der Waals surface area contributed by atoms with E-state index in [1.54, 1.807) is 6.07 Å². The Kier molecular flexibility index (Phi) is 3.48. The molecule has 100 valence electrons. The molecule has 1 heterocycles. The smallest absolute Gasteiger partial charge is 0.290 e. The van der Waals surface area contributed by atoms with Crippen LogP contribution in [0.3, 0.4) is 0 Å². The number of benzene rings is 1. The molecule has 0 aliphatic carbocycles. The predicted molar refractivity (Wildman–Crippen MR) is 76.7 cm³/mol. The van der Waals surface area contributed by atoms with Crippen molar-refractivity contribution in [3.63, 3.8) is 0 Å². The molecule has 4 nitrogen and oxygen atoms in total. The summed E-state index contributed by atoms with van der Waals surface area (Å²) in [7, 11) is -1.38. The average Bonchev–Trinajstić information content (AvgIpc) is 2.77. The molecule has 0 bridgehead atoms. The Balaban J connectivity index is 2.21. The van der Waals surface area contributed by atoms with Crippen LogP contribution in [0.2, 0.25) is 19.6 Å². The lowest BCUT2D eigenvalue weighted by molar-refractivity contribution is 0.0969. The number of amides is 1. The van der Waals surface area contributed by atoms with Gasteiger partial charge in [0.25, 0.3) is 11.9 Å². The van der Waals surface area contributed by atoms with Crippen molar-refractivity contribution < 1.29 is 13.9 Å². The van der Waals surface area contributed by atoms with Gasteiger partial charge in [0.15, 0.2) is 5.76 Å².